The molecule has 1 N–H and O–H groups in total. The van der Waals surface area contributed by atoms with Gasteiger partial charge in [-0.1, -0.05) is 79.6 Å². The van der Waals surface area contributed by atoms with Gasteiger partial charge < -0.3 is 10.2 Å². The number of unbranched alkanes of at least 4 members (excludes halogenated alkanes) is 1. The largest absolute Gasteiger partial charge is 0.416 e. The number of rotatable bonds is 13. The maximum absolute atomic E-state index is 14.0. The summed E-state index contributed by atoms with van der Waals surface area (Å²) >= 11 is 0. The third-order valence-electron chi connectivity index (χ3n) is 6.71. The number of hydrogen-bond donors (Lipinski definition) is 1. The van der Waals surface area contributed by atoms with E-state index in [-0.39, 0.29) is 18.7 Å². The van der Waals surface area contributed by atoms with Gasteiger partial charge in [-0.2, -0.15) is 13.2 Å². The molecule has 3 aromatic carbocycles. The highest BCUT2D eigenvalue weighted by Gasteiger charge is 2.35. The molecule has 0 fully saturated rings. The normalized spacial score (nSPS) is 12.4. The van der Waals surface area contributed by atoms with E-state index in [0.717, 1.165) is 42.4 Å². The van der Waals surface area contributed by atoms with Gasteiger partial charge >= 0.3 is 6.18 Å². The molecule has 42 heavy (non-hydrogen) atoms. The zero-order valence-electron chi connectivity index (χ0n) is 23.9. The van der Waals surface area contributed by atoms with E-state index < -0.39 is 46.2 Å². The van der Waals surface area contributed by atoms with Crippen molar-refractivity contribution in [1.29, 1.82) is 0 Å². The Bertz CT molecular complexity index is 1450. The van der Waals surface area contributed by atoms with Crippen molar-refractivity contribution in [2.75, 3.05) is 23.7 Å². The first-order valence-electron chi connectivity index (χ1n) is 13.6. The van der Waals surface area contributed by atoms with Crippen LogP contribution >= 0.6 is 0 Å². The minimum Gasteiger partial charge on any atom is -0.354 e. The third-order valence-corrected chi connectivity index (χ3v) is 7.86. The van der Waals surface area contributed by atoms with E-state index in [0.29, 0.717) is 22.5 Å². The third kappa shape index (κ3) is 9.34. The first-order valence-corrected chi connectivity index (χ1v) is 15.5. The number of nitrogens with one attached hydrogen (secondary N) is 1. The summed E-state index contributed by atoms with van der Waals surface area (Å²) in [4.78, 5) is 28.9. The molecule has 0 aromatic heterocycles. The lowest BCUT2D eigenvalue weighted by Gasteiger charge is -2.33. The lowest BCUT2D eigenvalue weighted by atomic mass is 10.0. The van der Waals surface area contributed by atoms with E-state index in [4.69, 9.17) is 0 Å². The molecule has 0 bridgehead atoms. The molecule has 0 aliphatic carbocycles. The smallest absolute Gasteiger partial charge is 0.354 e. The Labute approximate surface area is 245 Å². The first kappa shape index (κ1) is 32.7. The fourth-order valence-electron chi connectivity index (χ4n) is 4.40. The van der Waals surface area contributed by atoms with E-state index in [1.165, 1.54) is 11.0 Å². The monoisotopic (exact) mass is 603 g/mol. The predicted molar refractivity (Wildman–Crippen MR) is 157 cm³/mol. The molecule has 3 aromatic rings. The van der Waals surface area contributed by atoms with Crippen LogP contribution in [0.3, 0.4) is 0 Å². The van der Waals surface area contributed by atoms with Gasteiger partial charge in [-0.3, -0.25) is 13.9 Å². The minimum atomic E-state index is -4.71. The molecular formula is C31H36F3N3O4S. The lowest BCUT2D eigenvalue weighted by Crippen LogP contribution is -2.53. The van der Waals surface area contributed by atoms with Gasteiger partial charge in [-0.15, -0.1) is 0 Å². The van der Waals surface area contributed by atoms with Crippen molar-refractivity contribution in [2.45, 2.75) is 51.9 Å². The van der Waals surface area contributed by atoms with Crippen LogP contribution in [0.4, 0.5) is 18.9 Å². The summed E-state index contributed by atoms with van der Waals surface area (Å²) in [6, 6.07) is 19.2. The molecule has 0 aliphatic heterocycles. The quantitative estimate of drug-likeness (QED) is 0.268. The van der Waals surface area contributed by atoms with Crippen LogP contribution in [0.2, 0.25) is 0 Å². The van der Waals surface area contributed by atoms with E-state index in [1.54, 1.807) is 0 Å². The molecule has 1 unspecified atom stereocenters. The predicted octanol–water partition coefficient (Wildman–Crippen LogP) is 5.34. The number of carbonyl (C=O) groups excluding carboxylic acids is 2. The molecule has 0 aliphatic rings. The summed E-state index contributed by atoms with van der Waals surface area (Å²) in [7, 11) is -4.19. The van der Waals surface area contributed by atoms with Crippen LogP contribution in [0.5, 0.6) is 0 Å². The van der Waals surface area contributed by atoms with Gasteiger partial charge in [-0.05, 0) is 42.7 Å². The minimum absolute atomic E-state index is 0.0159. The van der Waals surface area contributed by atoms with Crippen molar-refractivity contribution in [3.05, 3.63) is 101 Å². The number of hydrogen-bond acceptors (Lipinski definition) is 4. The van der Waals surface area contributed by atoms with Crippen LogP contribution in [-0.2, 0) is 38.8 Å². The van der Waals surface area contributed by atoms with E-state index in [2.05, 4.69) is 5.32 Å². The Hall–Kier alpha value is -3.86. The van der Waals surface area contributed by atoms with Crippen molar-refractivity contribution in [2.24, 2.45) is 0 Å². The molecule has 11 heteroatoms. The van der Waals surface area contributed by atoms with Crippen molar-refractivity contribution >= 4 is 27.5 Å². The second-order valence-corrected chi connectivity index (χ2v) is 12.1. The first-order chi connectivity index (χ1) is 19.8. The van der Waals surface area contributed by atoms with E-state index >= 15 is 0 Å². The standard InChI is InChI=1S/C31H36F3N3O4S/c1-4-5-18-35-30(39)28(19-24-10-7-6-8-11-24)36(21-25-16-14-23(2)15-17-25)29(38)22-37(42(3,40)41)27-13-9-12-26(20-27)31(32,33)34/h6-17,20,28H,4-5,18-19,21-22H2,1-3H3,(H,35,39). The molecule has 0 saturated carbocycles. The summed E-state index contributed by atoms with van der Waals surface area (Å²) < 4.78 is 66.6. The van der Waals surface area contributed by atoms with Crippen molar-refractivity contribution in [3.63, 3.8) is 0 Å². The summed E-state index contributed by atoms with van der Waals surface area (Å²) in [6.45, 7) is 3.48. The molecule has 3 rings (SSSR count). The highest BCUT2D eigenvalue weighted by molar-refractivity contribution is 7.92. The zero-order valence-corrected chi connectivity index (χ0v) is 24.7. The van der Waals surface area contributed by atoms with E-state index in [9.17, 15) is 31.2 Å². The van der Waals surface area contributed by atoms with Crippen molar-refractivity contribution < 1.29 is 31.2 Å². The van der Waals surface area contributed by atoms with Gasteiger partial charge in [0, 0.05) is 19.5 Å². The average molecular weight is 604 g/mol. The van der Waals surface area contributed by atoms with Crippen molar-refractivity contribution in [1.82, 2.24) is 10.2 Å². The SMILES string of the molecule is CCCCNC(=O)C(Cc1ccccc1)N(Cc1ccc(C)cc1)C(=O)CN(c1cccc(C(F)(F)F)c1)S(C)(=O)=O. The molecule has 2 amide bonds. The van der Waals surface area contributed by atoms with Crippen LogP contribution in [0.25, 0.3) is 0 Å². The summed E-state index contributed by atoms with van der Waals surface area (Å²) in [6.07, 6.45) is -2.16. The number of alkyl halides is 3. The number of anilines is 1. The summed E-state index contributed by atoms with van der Waals surface area (Å²) in [5.74, 6) is -1.14. The Morgan fingerprint density at radius 2 is 1.60 bits per heavy atom. The van der Waals surface area contributed by atoms with Gasteiger partial charge in [-0.25, -0.2) is 8.42 Å². The maximum atomic E-state index is 14.0. The van der Waals surface area contributed by atoms with Crippen LogP contribution in [0, 0.1) is 6.92 Å². The van der Waals surface area contributed by atoms with Gasteiger partial charge in [0.05, 0.1) is 17.5 Å². The number of sulfonamides is 1. The van der Waals surface area contributed by atoms with Gasteiger partial charge in [0.25, 0.3) is 0 Å². The fraction of sp³-hybridized carbons (Fsp3) is 0.355. The molecule has 0 saturated heterocycles. The molecule has 1 atom stereocenters. The number of aryl methyl sites for hydroxylation is 1. The number of benzene rings is 3. The molecule has 0 heterocycles. The fourth-order valence-corrected chi connectivity index (χ4v) is 5.24. The van der Waals surface area contributed by atoms with Crippen LogP contribution in [0.15, 0.2) is 78.9 Å². The Morgan fingerprint density at radius 1 is 0.929 bits per heavy atom. The topological polar surface area (TPSA) is 86.8 Å². The summed E-state index contributed by atoms with van der Waals surface area (Å²) in [5.41, 5.74) is 1.13. The van der Waals surface area contributed by atoms with Gasteiger partial charge in [0.1, 0.15) is 12.6 Å². The lowest BCUT2D eigenvalue weighted by molar-refractivity contribution is -0.140. The van der Waals surface area contributed by atoms with E-state index in [1.807, 2.05) is 68.4 Å². The second kappa shape index (κ2) is 14.4. The van der Waals surface area contributed by atoms with Gasteiger partial charge in [0.2, 0.25) is 21.8 Å². The molecule has 0 radical (unpaired) electrons. The van der Waals surface area contributed by atoms with Gasteiger partial charge in [0.15, 0.2) is 0 Å². The van der Waals surface area contributed by atoms with Crippen LogP contribution in [0.1, 0.15) is 42.0 Å². The Balaban J connectivity index is 2.05. The molecule has 0 spiro atoms. The Morgan fingerprint density at radius 3 is 2.19 bits per heavy atom. The highest BCUT2D eigenvalue weighted by Crippen LogP contribution is 2.32. The number of carbonyl (C=O) groups is 2. The average Bonchev–Trinajstić information content (AvgIpc) is 2.94. The molecular weight excluding hydrogens is 567 g/mol. The highest BCUT2D eigenvalue weighted by atomic mass is 32.2. The Kier molecular flexibility index (Phi) is 11.2. The number of halogens is 3. The second-order valence-electron chi connectivity index (χ2n) is 10.2. The maximum Gasteiger partial charge on any atom is 0.416 e. The summed E-state index contributed by atoms with van der Waals surface area (Å²) in [5, 5.41) is 2.88. The molecule has 226 valence electrons. The van der Waals surface area contributed by atoms with Crippen LogP contribution < -0.4 is 9.62 Å². The number of nitrogens with zero attached hydrogens (tertiary/aromatic N) is 2. The van der Waals surface area contributed by atoms with Crippen LogP contribution in [-0.4, -0.2) is 50.5 Å². The van der Waals surface area contributed by atoms with Crippen molar-refractivity contribution in [3.8, 4) is 0 Å². The number of amides is 2. The molecule has 7 nitrogen and oxygen atoms in total. The zero-order chi connectivity index (χ0) is 30.9.